The second kappa shape index (κ2) is 8.86. The number of nitrogens with one attached hydrogen (secondary N) is 3. The SMILES string of the molecule is O=C(Nc1ccc2nc(-c3ccc(NC(=O)C4CC5CCC4C5)cc3)[nH]c2c1)c1ccc(Cl)cc1. The van der Waals surface area contributed by atoms with Crippen LogP contribution in [0.25, 0.3) is 22.4 Å². The zero-order chi connectivity index (χ0) is 23.9. The lowest BCUT2D eigenvalue weighted by Crippen LogP contribution is -2.27. The lowest BCUT2D eigenvalue weighted by molar-refractivity contribution is -0.121. The Labute approximate surface area is 208 Å². The van der Waals surface area contributed by atoms with Gasteiger partial charge in [0.25, 0.3) is 5.91 Å². The van der Waals surface area contributed by atoms with E-state index in [2.05, 4.69) is 20.6 Å². The number of halogens is 1. The summed E-state index contributed by atoms with van der Waals surface area (Å²) >= 11 is 5.90. The predicted molar refractivity (Wildman–Crippen MR) is 139 cm³/mol. The smallest absolute Gasteiger partial charge is 0.255 e. The van der Waals surface area contributed by atoms with Gasteiger partial charge in [-0.05, 0) is 97.8 Å². The quantitative estimate of drug-likeness (QED) is 0.301. The van der Waals surface area contributed by atoms with Crippen LogP contribution in [-0.2, 0) is 4.79 Å². The summed E-state index contributed by atoms with van der Waals surface area (Å²) in [4.78, 5) is 33.2. The van der Waals surface area contributed by atoms with Crippen LogP contribution in [-0.4, -0.2) is 21.8 Å². The summed E-state index contributed by atoms with van der Waals surface area (Å²) in [6, 6.07) is 20.1. The molecular formula is C28H25ClN4O2. The number of aromatic amines is 1. The molecule has 3 N–H and O–H groups in total. The fourth-order valence-corrected chi connectivity index (χ4v) is 5.67. The van der Waals surface area contributed by atoms with Gasteiger partial charge in [-0.15, -0.1) is 0 Å². The number of fused-ring (bicyclic) bond motifs is 3. The third kappa shape index (κ3) is 4.42. The molecule has 1 heterocycles. The normalized spacial score (nSPS) is 20.8. The first-order valence-corrected chi connectivity index (χ1v) is 12.4. The number of amides is 2. The fraction of sp³-hybridized carbons (Fsp3) is 0.250. The summed E-state index contributed by atoms with van der Waals surface area (Å²) in [5.74, 6) is 2.16. The zero-order valence-corrected chi connectivity index (χ0v) is 19.8. The number of nitrogens with zero attached hydrogens (tertiary/aromatic N) is 1. The zero-order valence-electron chi connectivity index (χ0n) is 19.1. The summed E-state index contributed by atoms with van der Waals surface area (Å²) in [5, 5.41) is 6.59. The van der Waals surface area contributed by atoms with E-state index < -0.39 is 0 Å². The largest absolute Gasteiger partial charge is 0.338 e. The van der Waals surface area contributed by atoms with E-state index in [1.807, 2.05) is 42.5 Å². The maximum atomic E-state index is 12.7. The molecule has 2 aliphatic rings. The molecule has 3 atom stereocenters. The number of anilines is 2. The van der Waals surface area contributed by atoms with Gasteiger partial charge in [-0.3, -0.25) is 9.59 Å². The van der Waals surface area contributed by atoms with Gasteiger partial charge >= 0.3 is 0 Å². The molecule has 176 valence electrons. The van der Waals surface area contributed by atoms with Gasteiger partial charge < -0.3 is 15.6 Å². The highest BCUT2D eigenvalue weighted by Gasteiger charge is 2.43. The van der Waals surface area contributed by atoms with E-state index in [1.54, 1.807) is 24.3 Å². The molecule has 6 nitrogen and oxygen atoms in total. The van der Waals surface area contributed by atoms with Gasteiger partial charge in [0.05, 0.1) is 11.0 Å². The minimum absolute atomic E-state index is 0.155. The number of benzene rings is 3. The first-order valence-electron chi connectivity index (χ1n) is 12.0. The molecule has 2 fully saturated rings. The van der Waals surface area contributed by atoms with E-state index >= 15 is 0 Å². The summed E-state index contributed by atoms with van der Waals surface area (Å²) < 4.78 is 0. The van der Waals surface area contributed by atoms with E-state index in [0.717, 1.165) is 40.4 Å². The van der Waals surface area contributed by atoms with Crippen LogP contribution in [0.5, 0.6) is 0 Å². The van der Waals surface area contributed by atoms with Gasteiger partial charge in [0.15, 0.2) is 0 Å². The number of hydrogen-bond donors (Lipinski definition) is 3. The Morgan fingerprint density at radius 1 is 0.886 bits per heavy atom. The average molecular weight is 485 g/mol. The minimum Gasteiger partial charge on any atom is -0.338 e. The summed E-state index contributed by atoms with van der Waals surface area (Å²) in [6.45, 7) is 0. The van der Waals surface area contributed by atoms with Gasteiger partial charge in [0.1, 0.15) is 5.82 Å². The molecule has 1 aromatic heterocycles. The maximum absolute atomic E-state index is 12.7. The van der Waals surface area contributed by atoms with E-state index in [1.165, 1.54) is 19.3 Å². The third-order valence-electron chi connectivity index (χ3n) is 7.35. The first-order chi connectivity index (χ1) is 17.0. The highest BCUT2D eigenvalue weighted by Crippen LogP contribution is 2.48. The van der Waals surface area contributed by atoms with Crippen molar-refractivity contribution in [2.75, 3.05) is 10.6 Å². The number of carbonyl (C=O) groups is 2. The molecule has 2 saturated carbocycles. The van der Waals surface area contributed by atoms with Crippen LogP contribution in [0.15, 0.2) is 66.7 Å². The highest BCUT2D eigenvalue weighted by atomic mass is 35.5. The fourth-order valence-electron chi connectivity index (χ4n) is 5.54. The minimum atomic E-state index is -0.205. The van der Waals surface area contributed by atoms with Crippen molar-refractivity contribution in [1.82, 2.24) is 9.97 Å². The maximum Gasteiger partial charge on any atom is 0.255 e. The molecule has 3 aromatic carbocycles. The van der Waals surface area contributed by atoms with Crippen molar-refractivity contribution in [3.8, 4) is 11.4 Å². The topological polar surface area (TPSA) is 86.9 Å². The van der Waals surface area contributed by atoms with E-state index in [4.69, 9.17) is 11.6 Å². The highest BCUT2D eigenvalue weighted by molar-refractivity contribution is 6.30. The molecule has 4 aromatic rings. The number of rotatable bonds is 5. The number of imidazole rings is 1. The second-order valence-corrected chi connectivity index (χ2v) is 10.1. The van der Waals surface area contributed by atoms with E-state index in [-0.39, 0.29) is 17.7 Å². The van der Waals surface area contributed by atoms with Crippen LogP contribution >= 0.6 is 11.6 Å². The van der Waals surface area contributed by atoms with Gasteiger partial charge in [-0.2, -0.15) is 0 Å². The molecule has 0 spiro atoms. The van der Waals surface area contributed by atoms with Crippen LogP contribution in [0.1, 0.15) is 36.0 Å². The number of hydrogen-bond acceptors (Lipinski definition) is 3. The van der Waals surface area contributed by atoms with Crippen molar-refractivity contribution in [2.45, 2.75) is 25.7 Å². The molecule has 0 saturated heterocycles. The molecule has 0 radical (unpaired) electrons. The Bertz CT molecular complexity index is 1410. The van der Waals surface area contributed by atoms with Gasteiger partial charge in [-0.25, -0.2) is 4.98 Å². The van der Waals surface area contributed by atoms with Crippen molar-refractivity contribution < 1.29 is 9.59 Å². The van der Waals surface area contributed by atoms with Crippen LogP contribution in [0.3, 0.4) is 0 Å². The Balaban J connectivity index is 1.14. The van der Waals surface area contributed by atoms with Crippen LogP contribution in [0, 0.1) is 17.8 Å². The molecule has 35 heavy (non-hydrogen) atoms. The van der Waals surface area contributed by atoms with Crippen LogP contribution in [0.2, 0.25) is 5.02 Å². The predicted octanol–water partition coefficient (Wildman–Crippen LogP) is 6.51. The molecule has 0 aliphatic heterocycles. The number of carbonyl (C=O) groups excluding carboxylic acids is 2. The van der Waals surface area contributed by atoms with Gasteiger partial charge in [-0.1, -0.05) is 18.0 Å². The summed E-state index contributed by atoms with van der Waals surface area (Å²) in [7, 11) is 0. The van der Waals surface area contributed by atoms with Crippen molar-refractivity contribution >= 4 is 45.8 Å². The van der Waals surface area contributed by atoms with Gasteiger partial charge in [0, 0.05) is 33.4 Å². The standard InChI is InChI=1S/C28H25ClN4O2/c29-20-7-3-18(4-8-20)27(34)31-22-11-12-24-25(15-22)33-26(32-24)17-5-9-21(10-6-17)30-28(35)23-14-16-1-2-19(23)13-16/h3-12,15-16,19,23H,1-2,13-14H2,(H,30,35)(H,31,34)(H,32,33). The number of H-pyrrole nitrogens is 1. The Morgan fingerprint density at radius 3 is 2.37 bits per heavy atom. The molecule has 6 rings (SSSR count). The lowest BCUT2D eigenvalue weighted by atomic mass is 9.88. The van der Waals surface area contributed by atoms with Crippen LogP contribution in [0.4, 0.5) is 11.4 Å². The molecule has 2 amide bonds. The first kappa shape index (κ1) is 21.9. The molecular weight excluding hydrogens is 460 g/mol. The summed E-state index contributed by atoms with van der Waals surface area (Å²) in [5.41, 5.74) is 4.56. The number of aromatic nitrogens is 2. The Hall–Kier alpha value is -3.64. The Kier molecular flexibility index (Phi) is 5.53. The third-order valence-corrected chi connectivity index (χ3v) is 7.60. The summed E-state index contributed by atoms with van der Waals surface area (Å²) in [6.07, 6.45) is 4.74. The van der Waals surface area contributed by atoms with E-state index in [9.17, 15) is 9.59 Å². The van der Waals surface area contributed by atoms with Crippen molar-refractivity contribution in [3.05, 3.63) is 77.3 Å². The molecule has 7 heteroatoms. The molecule has 2 bridgehead atoms. The molecule has 2 aliphatic carbocycles. The van der Waals surface area contributed by atoms with E-state index in [0.29, 0.717) is 22.2 Å². The van der Waals surface area contributed by atoms with Crippen molar-refractivity contribution in [3.63, 3.8) is 0 Å². The average Bonchev–Trinajstić information content (AvgIpc) is 3.60. The van der Waals surface area contributed by atoms with Crippen molar-refractivity contribution in [2.24, 2.45) is 17.8 Å². The van der Waals surface area contributed by atoms with Crippen LogP contribution < -0.4 is 10.6 Å². The monoisotopic (exact) mass is 484 g/mol. The van der Waals surface area contributed by atoms with Crippen molar-refractivity contribution in [1.29, 1.82) is 0 Å². The molecule has 3 unspecified atom stereocenters. The Morgan fingerprint density at radius 2 is 1.66 bits per heavy atom. The second-order valence-electron chi connectivity index (χ2n) is 9.63. The lowest BCUT2D eigenvalue weighted by Gasteiger charge is -2.20. The van der Waals surface area contributed by atoms with Gasteiger partial charge in [0.2, 0.25) is 5.91 Å².